The number of anilines is 1. The van der Waals surface area contributed by atoms with Gasteiger partial charge in [-0.25, -0.2) is 0 Å². The lowest BCUT2D eigenvalue weighted by atomic mass is 10.3. The Balaban J connectivity index is 2.07. The summed E-state index contributed by atoms with van der Waals surface area (Å²) in [6.45, 7) is 0. The lowest BCUT2D eigenvalue weighted by Crippen LogP contribution is -2.09. The van der Waals surface area contributed by atoms with Crippen LogP contribution in [0, 0.1) is 11.3 Å². The number of amides is 1. The first-order valence-electron chi connectivity index (χ1n) is 5.78. The highest BCUT2D eigenvalue weighted by molar-refractivity contribution is 5.92. The number of benzene rings is 2. The van der Waals surface area contributed by atoms with Crippen LogP contribution in [0.4, 0.5) is 5.69 Å². The number of nitrogens with one attached hydrogen (secondary N) is 1. The van der Waals surface area contributed by atoms with Crippen LogP contribution in [0.5, 0.6) is 11.5 Å². The van der Waals surface area contributed by atoms with Crippen molar-refractivity contribution in [3.05, 3.63) is 54.6 Å². The van der Waals surface area contributed by atoms with Crippen LogP contribution < -0.4 is 10.1 Å². The van der Waals surface area contributed by atoms with E-state index in [-0.39, 0.29) is 12.3 Å². The van der Waals surface area contributed by atoms with Gasteiger partial charge < -0.3 is 10.1 Å². The van der Waals surface area contributed by atoms with Gasteiger partial charge in [-0.05, 0) is 24.3 Å². The average molecular weight is 252 g/mol. The van der Waals surface area contributed by atoms with Crippen LogP contribution in [0.15, 0.2) is 54.6 Å². The number of para-hydroxylation sites is 1. The zero-order valence-corrected chi connectivity index (χ0v) is 10.2. The molecule has 2 rings (SSSR count). The fraction of sp³-hybridized carbons (Fsp3) is 0.0667. The van der Waals surface area contributed by atoms with Crippen LogP contribution in [-0.2, 0) is 4.79 Å². The van der Waals surface area contributed by atoms with E-state index < -0.39 is 0 Å². The summed E-state index contributed by atoms with van der Waals surface area (Å²) in [5.41, 5.74) is 0.605. The quantitative estimate of drug-likeness (QED) is 0.907. The van der Waals surface area contributed by atoms with E-state index in [1.807, 2.05) is 30.3 Å². The molecule has 0 aliphatic rings. The van der Waals surface area contributed by atoms with Gasteiger partial charge in [0.15, 0.2) is 0 Å². The number of rotatable bonds is 4. The molecule has 0 spiro atoms. The Morgan fingerprint density at radius 1 is 1.11 bits per heavy atom. The summed E-state index contributed by atoms with van der Waals surface area (Å²) in [7, 11) is 0. The van der Waals surface area contributed by atoms with Crippen LogP contribution in [-0.4, -0.2) is 5.91 Å². The van der Waals surface area contributed by atoms with Crippen LogP contribution in [0.2, 0.25) is 0 Å². The van der Waals surface area contributed by atoms with Crippen molar-refractivity contribution in [2.75, 3.05) is 5.32 Å². The first-order chi connectivity index (χ1) is 9.28. The van der Waals surface area contributed by atoms with Crippen LogP contribution >= 0.6 is 0 Å². The van der Waals surface area contributed by atoms with Crippen molar-refractivity contribution in [3.63, 3.8) is 0 Å². The van der Waals surface area contributed by atoms with Crippen LogP contribution in [0.25, 0.3) is 0 Å². The molecular weight excluding hydrogens is 240 g/mol. The van der Waals surface area contributed by atoms with Gasteiger partial charge in [-0.15, -0.1) is 0 Å². The summed E-state index contributed by atoms with van der Waals surface area (Å²) in [6.07, 6.45) is -0.163. The Bertz CT molecular complexity index is 603. The Morgan fingerprint density at radius 3 is 2.58 bits per heavy atom. The molecule has 0 saturated carbocycles. The maximum absolute atomic E-state index is 11.3. The third-order valence-corrected chi connectivity index (χ3v) is 2.34. The van der Waals surface area contributed by atoms with Crippen molar-refractivity contribution in [2.45, 2.75) is 6.42 Å². The van der Waals surface area contributed by atoms with Gasteiger partial charge in [-0.1, -0.05) is 24.3 Å². The molecule has 0 atom stereocenters. The number of nitrogens with zero attached hydrogens (tertiary/aromatic N) is 1. The molecule has 4 heteroatoms. The van der Waals surface area contributed by atoms with E-state index in [0.717, 1.165) is 5.75 Å². The molecule has 0 saturated heterocycles. The molecule has 0 fully saturated rings. The molecule has 0 aliphatic carbocycles. The Morgan fingerprint density at radius 2 is 1.84 bits per heavy atom. The topological polar surface area (TPSA) is 62.1 Å². The van der Waals surface area contributed by atoms with E-state index in [2.05, 4.69) is 5.32 Å². The fourth-order valence-electron chi connectivity index (χ4n) is 1.54. The fourth-order valence-corrected chi connectivity index (χ4v) is 1.54. The van der Waals surface area contributed by atoms with E-state index in [0.29, 0.717) is 11.4 Å². The predicted molar refractivity (Wildman–Crippen MR) is 71.8 cm³/mol. The normalized spacial score (nSPS) is 9.42. The molecule has 1 amide bonds. The van der Waals surface area contributed by atoms with E-state index in [1.54, 1.807) is 30.3 Å². The lowest BCUT2D eigenvalue weighted by Gasteiger charge is -2.08. The second-order valence-electron chi connectivity index (χ2n) is 3.83. The van der Waals surface area contributed by atoms with Gasteiger partial charge in [0.1, 0.15) is 17.9 Å². The summed E-state index contributed by atoms with van der Waals surface area (Å²) in [4.78, 5) is 11.3. The molecule has 19 heavy (non-hydrogen) atoms. The zero-order chi connectivity index (χ0) is 13.5. The second kappa shape index (κ2) is 6.22. The number of ether oxygens (including phenoxy) is 1. The van der Waals surface area contributed by atoms with Gasteiger partial charge in [0.2, 0.25) is 5.91 Å². The zero-order valence-electron chi connectivity index (χ0n) is 10.2. The molecule has 0 radical (unpaired) electrons. The highest BCUT2D eigenvalue weighted by atomic mass is 16.5. The van der Waals surface area contributed by atoms with Crippen LogP contribution in [0.1, 0.15) is 6.42 Å². The van der Waals surface area contributed by atoms with Crippen molar-refractivity contribution in [1.29, 1.82) is 5.26 Å². The monoisotopic (exact) mass is 252 g/mol. The Labute approximate surface area is 111 Å². The van der Waals surface area contributed by atoms with Gasteiger partial charge in [0.25, 0.3) is 0 Å². The molecule has 0 bridgehead atoms. The first-order valence-corrected chi connectivity index (χ1v) is 5.78. The highest BCUT2D eigenvalue weighted by Crippen LogP contribution is 2.23. The Hall–Kier alpha value is -2.80. The second-order valence-corrected chi connectivity index (χ2v) is 3.83. The molecule has 2 aromatic rings. The van der Waals surface area contributed by atoms with Gasteiger partial charge in [-0.2, -0.15) is 5.26 Å². The van der Waals surface area contributed by atoms with Crippen molar-refractivity contribution in [3.8, 4) is 17.6 Å². The molecule has 1 N–H and O–H groups in total. The highest BCUT2D eigenvalue weighted by Gasteiger charge is 2.03. The number of nitriles is 1. The van der Waals surface area contributed by atoms with Gasteiger partial charge in [0, 0.05) is 11.8 Å². The third-order valence-electron chi connectivity index (χ3n) is 2.34. The predicted octanol–water partition coefficient (Wildman–Crippen LogP) is 3.33. The van der Waals surface area contributed by atoms with Crippen molar-refractivity contribution in [2.24, 2.45) is 0 Å². The van der Waals surface area contributed by atoms with Gasteiger partial charge in [-0.3, -0.25) is 4.79 Å². The molecule has 94 valence electrons. The summed E-state index contributed by atoms with van der Waals surface area (Å²) in [5.74, 6) is 1.02. The number of carbonyl (C=O) groups is 1. The SMILES string of the molecule is N#CCC(=O)Nc1cccc(Oc2ccccc2)c1. The molecule has 0 heterocycles. The van der Waals surface area contributed by atoms with Gasteiger partial charge >= 0.3 is 0 Å². The van der Waals surface area contributed by atoms with Crippen molar-refractivity contribution in [1.82, 2.24) is 0 Å². The molecule has 0 unspecified atom stereocenters. The number of hydrogen-bond acceptors (Lipinski definition) is 3. The van der Waals surface area contributed by atoms with E-state index in [9.17, 15) is 4.79 Å². The average Bonchev–Trinajstić information content (AvgIpc) is 2.40. The van der Waals surface area contributed by atoms with Gasteiger partial charge in [0.05, 0.1) is 6.07 Å². The summed E-state index contributed by atoms with van der Waals surface area (Å²) < 4.78 is 5.64. The minimum atomic E-state index is -0.334. The molecule has 0 aliphatic heterocycles. The Kier molecular flexibility index (Phi) is 4.14. The maximum Gasteiger partial charge on any atom is 0.238 e. The standard InChI is InChI=1S/C15H12N2O2/c16-10-9-15(18)17-12-5-4-8-14(11-12)19-13-6-2-1-3-7-13/h1-8,11H,9H2,(H,17,18). The minimum Gasteiger partial charge on any atom is -0.457 e. The summed E-state index contributed by atoms with van der Waals surface area (Å²) >= 11 is 0. The lowest BCUT2D eigenvalue weighted by molar-refractivity contribution is -0.115. The number of hydrogen-bond donors (Lipinski definition) is 1. The number of carbonyl (C=O) groups excluding carboxylic acids is 1. The molecule has 4 nitrogen and oxygen atoms in total. The van der Waals surface area contributed by atoms with Crippen molar-refractivity contribution >= 4 is 11.6 Å². The van der Waals surface area contributed by atoms with Crippen LogP contribution in [0.3, 0.4) is 0 Å². The maximum atomic E-state index is 11.3. The van der Waals surface area contributed by atoms with E-state index >= 15 is 0 Å². The third kappa shape index (κ3) is 3.86. The largest absolute Gasteiger partial charge is 0.457 e. The van der Waals surface area contributed by atoms with Crippen molar-refractivity contribution < 1.29 is 9.53 Å². The molecule has 0 aromatic heterocycles. The molecule has 2 aromatic carbocycles. The molecular formula is C15H12N2O2. The summed E-state index contributed by atoms with van der Waals surface area (Å²) in [6, 6.07) is 18.2. The smallest absolute Gasteiger partial charge is 0.238 e. The first kappa shape index (κ1) is 12.7. The van der Waals surface area contributed by atoms with E-state index in [4.69, 9.17) is 10.00 Å². The summed E-state index contributed by atoms with van der Waals surface area (Å²) in [5, 5.41) is 11.1. The minimum absolute atomic E-state index is 0.163. The van der Waals surface area contributed by atoms with E-state index in [1.165, 1.54) is 0 Å².